The molecule has 6 nitrogen and oxygen atoms in total. The minimum atomic E-state index is -0.954. The van der Waals surface area contributed by atoms with Crippen LogP contribution in [0.4, 0.5) is 11.4 Å². The normalized spacial score (nSPS) is 19.2. The Balaban J connectivity index is 2.44. The van der Waals surface area contributed by atoms with E-state index in [0.717, 1.165) is 5.75 Å². The summed E-state index contributed by atoms with van der Waals surface area (Å²) in [5.41, 5.74) is 0.286. The first-order chi connectivity index (χ1) is 9.00. The van der Waals surface area contributed by atoms with Gasteiger partial charge >= 0.3 is 5.97 Å². The summed E-state index contributed by atoms with van der Waals surface area (Å²) in [5.74, 6) is 0.240. The highest BCUT2D eigenvalue weighted by molar-refractivity contribution is 9.10. The maximum absolute atomic E-state index is 11.3. The van der Waals surface area contributed by atoms with Crippen molar-refractivity contribution in [2.45, 2.75) is 6.04 Å². The zero-order valence-corrected chi connectivity index (χ0v) is 12.2. The molecule has 2 rings (SSSR count). The van der Waals surface area contributed by atoms with Gasteiger partial charge in [0.25, 0.3) is 5.69 Å². The summed E-state index contributed by atoms with van der Waals surface area (Å²) in [6, 6.07) is 3.95. The topological polar surface area (TPSA) is 83.7 Å². The predicted molar refractivity (Wildman–Crippen MR) is 76.9 cm³/mol. The van der Waals surface area contributed by atoms with Crippen LogP contribution in [0.3, 0.4) is 0 Å². The lowest BCUT2D eigenvalue weighted by Crippen LogP contribution is -2.47. The van der Waals surface area contributed by atoms with Crippen LogP contribution in [0.25, 0.3) is 0 Å². The Bertz CT molecular complexity index is 525. The maximum Gasteiger partial charge on any atom is 0.327 e. The number of benzene rings is 1. The fourth-order valence-electron chi connectivity index (χ4n) is 1.98. The highest BCUT2D eigenvalue weighted by Gasteiger charge is 2.32. The van der Waals surface area contributed by atoms with Gasteiger partial charge < -0.3 is 10.0 Å². The highest BCUT2D eigenvalue weighted by atomic mass is 79.9. The molecular formula is C11H11BrN2O4S. The van der Waals surface area contributed by atoms with Crippen LogP contribution in [-0.4, -0.2) is 40.1 Å². The van der Waals surface area contributed by atoms with Gasteiger partial charge in [-0.25, -0.2) is 4.79 Å². The third kappa shape index (κ3) is 3.01. The van der Waals surface area contributed by atoms with E-state index < -0.39 is 16.9 Å². The Morgan fingerprint density at radius 1 is 1.58 bits per heavy atom. The number of aliphatic carboxylic acids is 1. The van der Waals surface area contributed by atoms with Gasteiger partial charge in [0.1, 0.15) is 11.7 Å². The van der Waals surface area contributed by atoms with Gasteiger partial charge in [-0.05, 0) is 12.1 Å². The number of carbonyl (C=O) groups is 1. The van der Waals surface area contributed by atoms with Crippen molar-refractivity contribution in [1.29, 1.82) is 0 Å². The SMILES string of the molecule is O=C(O)C1CSCCN1c1ccc(Br)cc1[N+](=O)[O-]. The molecule has 0 bridgehead atoms. The van der Waals surface area contributed by atoms with Crippen LogP contribution >= 0.6 is 27.7 Å². The van der Waals surface area contributed by atoms with Crippen molar-refractivity contribution in [3.63, 3.8) is 0 Å². The van der Waals surface area contributed by atoms with Crippen LogP contribution in [0.1, 0.15) is 0 Å². The van der Waals surface area contributed by atoms with E-state index in [9.17, 15) is 20.0 Å². The summed E-state index contributed by atoms with van der Waals surface area (Å²) in [7, 11) is 0. The Hall–Kier alpha value is -1.28. The number of nitro groups is 1. The van der Waals surface area contributed by atoms with E-state index in [1.165, 1.54) is 6.07 Å². The predicted octanol–water partition coefficient (Wildman–Crippen LogP) is 2.36. The summed E-state index contributed by atoms with van der Waals surface area (Å²) < 4.78 is 0.598. The Morgan fingerprint density at radius 2 is 2.32 bits per heavy atom. The van der Waals surface area contributed by atoms with Crippen LogP contribution < -0.4 is 4.90 Å². The molecule has 1 atom stereocenters. The monoisotopic (exact) mass is 346 g/mol. The molecular weight excluding hydrogens is 336 g/mol. The molecule has 8 heteroatoms. The van der Waals surface area contributed by atoms with E-state index in [4.69, 9.17) is 0 Å². The van der Waals surface area contributed by atoms with Crippen molar-refractivity contribution in [3.05, 3.63) is 32.8 Å². The summed E-state index contributed by atoms with van der Waals surface area (Å²) in [4.78, 5) is 23.5. The number of halogens is 1. The van der Waals surface area contributed by atoms with E-state index in [0.29, 0.717) is 22.5 Å². The fourth-order valence-corrected chi connectivity index (χ4v) is 3.37. The van der Waals surface area contributed by atoms with Gasteiger partial charge in [0.2, 0.25) is 0 Å². The minimum Gasteiger partial charge on any atom is -0.480 e. The number of hydrogen-bond donors (Lipinski definition) is 1. The second-order valence-electron chi connectivity index (χ2n) is 4.01. The second-order valence-corrected chi connectivity index (χ2v) is 6.08. The molecule has 0 radical (unpaired) electrons. The smallest absolute Gasteiger partial charge is 0.327 e. The molecule has 1 saturated heterocycles. The highest BCUT2D eigenvalue weighted by Crippen LogP contribution is 2.34. The van der Waals surface area contributed by atoms with Gasteiger partial charge in [-0.2, -0.15) is 11.8 Å². The van der Waals surface area contributed by atoms with Gasteiger partial charge in [-0.1, -0.05) is 15.9 Å². The number of nitrogens with zero attached hydrogens (tertiary/aromatic N) is 2. The van der Waals surface area contributed by atoms with E-state index in [2.05, 4.69) is 15.9 Å². The Morgan fingerprint density at radius 3 is 2.95 bits per heavy atom. The quantitative estimate of drug-likeness (QED) is 0.668. The van der Waals surface area contributed by atoms with Gasteiger partial charge in [0.15, 0.2) is 0 Å². The van der Waals surface area contributed by atoms with Crippen molar-refractivity contribution >= 4 is 45.0 Å². The number of rotatable bonds is 3. The van der Waals surface area contributed by atoms with E-state index in [-0.39, 0.29) is 5.69 Å². The average Bonchev–Trinajstić information content (AvgIpc) is 2.38. The molecule has 19 heavy (non-hydrogen) atoms. The zero-order valence-electron chi connectivity index (χ0n) is 9.78. The van der Waals surface area contributed by atoms with Gasteiger partial charge in [0.05, 0.1) is 4.92 Å². The second kappa shape index (κ2) is 5.79. The summed E-state index contributed by atoms with van der Waals surface area (Å²) in [6.45, 7) is 0.490. The van der Waals surface area contributed by atoms with Gasteiger partial charge in [0, 0.05) is 28.6 Å². The van der Waals surface area contributed by atoms with Crippen molar-refractivity contribution in [2.75, 3.05) is 23.0 Å². The van der Waals surface area contributed by atoms with Gasteiger partial charge in [-0.3, -0.25) is 10.1 Å². The fraction of sp³-hybridized carbons (Fsp3) is 0.364. The molecule has 0 saturated carbocycles. The lowest BCUT2D eigenvalue weighted by atomic mass is 10.2. The van der Waals surface area contributed by atoms with Crippen LogP contribution in [-0.2, 0) is 4.79 Å². The Kier molecular flexibility index (Phi) is 4.31. The number of hydrogen-bond acceptors (Lipinski definition) is 5. The van der Waals surface area contributed by atoms with Crippen LogP contribution in [0.15, 0.2) is 22.7 Å². The molecule has 1 aliphatic rings. The van der Waals surface area contributed by atoms with Gasteiger partial charge in [-0.15, -0.1) is 0 Å². The molecule has 0 aromatic heterocycles. The average molecular weight is 347 g/mol. The molecule has 1 unspecified atom stereocenters. The number of carboxylic acids is 1. The Labute approximate surface area is 122 Å². The van der Waals surface area contributed by atoms with Crippen LogP contribution in [0.5, 0.6) is 0 Å². The first kappa shape index (κ1) is 14.1. The summed E-state index contributed by atoms with van der Waals surface area (Å²) in [5, 5.41) is 20.3. The maximum atomic E-state index is 11.3. The van der Waals surface area contributed by atoms with E-state index >= 15 is 0 Å². The first-order valence-electron chi connectivity index (χ1n) is 5.52. The van der Waals surface area contributed by atoms with Crippen LogP contribution in [0, 0.1) is 10.1 Å². The lowest BCUT2D eigenvalue weighted by Gasteiger charge is -2.34. The molecule has 0 spiro atoms. The van der Waals surface area contributed by atoms with Crippen molar-refractivity contribution in [3.8, 4) is 0 Å². The summed E-state index contributed by atoms with van der Waals surface area (Å²) in [6.07, 6.45) is 0. The third-order valence-electron chi connectivity index (χ3n) is 2.86. The van der Waals surface area contributed by atoms with Crippen molar-refractivity contribution in [1.82, 2.24) is 0 Å². The molecule has 1 aliphatic heterocycles. The zero-order chi connectivity index (χ0) is 14.0. The molecule has 1 heterocycles. The van der Waals surface area contributed by atoms with Crippen molar-refractivity contribution < 1.29 is 14.8 Å². The molecule has 1 fully saturated rings. The molecule has 1 aromatic rings. The van der Waals surface area contributed by atoms with Crippen LogP contribution in [0.2, 0.25) is 0 Å². The number of thioether (sulfide) groups is 1. The first-order valence-corrected chi connectivity index (χ1v) is 7.46. The molecule has 1 aromatic carbocycles. The molecule has 0 aliphatic carbocycles. The van der Waals surface area contributed by atoms with Crippen molar-refractivity contribution in [2.24, 2.45) is 0 Å². The number of nitro benzene ring substituents is 1. The standard InChI is InChI=1S/C11H11BrN2O4S/c12-7-1-2-8(9(5-7)14(17)18)13-3-4-19-6-10(13)11(15)16/h1-2,5,10H,3-4,6H2,(H,15,16). The summed E-state index contributed by atoms with van der Waals surface area (Å²) >= 11 is 4.73. The molecule has 0 amide bonds. The third-order valence-corrected chi connectivity index (χ3v) is 4.37. The molecule has 1 N–H and O–H groups in total. The molecule has 102 valence electrons. The largest absolute Gasteiger partial charge is 0.480 e. The van der Waals surface area contributed by atoms with E-state index in [1.807, 2.05) is 0 Å². The number of carboxylic acid groups (broad SMARTS) is 1. The lowest BCUT2D eigenvalue weighted by molar-refractivity contribution is -0.384. The van der Waals surface area contributed by atoms with E-state index in [1.54, 1.807) is 28.8 Å². The minimum absolute atomic E-state index is 0.0764. The number of anilines is 1.